The SMILES string of the molecule is COC(=O)CC(=O)Nc1ccc(-c2ccccc2)c2c1CN(C)CC2. The van der Waals surface area contributed by atoms with Crippen LogP contribution in [-0.4, -0.2) is 37.5 Å². The fourth-order valence-corrected chi connectivity index (χ4v) is 3.21. The standard InChI is InChI=1S/C20H22N2O3/c1-22-11-10-16-15(14-6-4-3-5-7-14)8-9-18(17(16)13-22)21-19(23)12-20(24)25-2/h3-9H,10-13H2,1-2H3,(H,21,23). The first-order valence-corrected chi connectivity index (χ1v) is 8.34. The van der Waals surface area contributed by atoms with Gasteiger partial charge in [-0.25, -0.2) is 0 Å². The molecule has 0 aliphatic carbocycles. The number of fused-ring (bicyclic) bond motifs is 1. The van der Waals surface area contributed by atoms with E-state index >= 15 is 0 Å². The van der Waals surface area contributed by atoms with Crippen LogP contribution in [0.1, 0.15) is 17.5 Å². The van der Waals surface area contributed by atoms with E-state index in [1.54, 1.807) is 0 Å². The molecule has 130 valence electrons. The zero-order valence-corrected chi connectivity index (χ0v) is 14.5. The third kappa shape index (κ3) is 3.88. The van der Waals surface area contributed by atoms with E-state index in [0.717, 1.165) is 30.8 Å². The van der Waals surface area contributed by atoms with Crippen LogP contribution in [-0.2, 0) is 27.3 Å². The Morgan fingerprint density at radius 2 is 1.88 bits per heavy atom. The fraction of sp³-hybridized carbons (Fsp3) is 0.300. The molecule has 25 heavy (non-hydrogen) atoms. The molecule has 0 fully saturated rings. The summed E-state index contributed by atoms with van der Waals surface area (Å²) in [4.78, 5) is 25.6. The van der Waals surface area contributed by atoms with Gasteiger partial charge in [-0.1, -0.05) is 36.4 Å². The Morgan fingerprint density at radius 1 is 1.12 bits per heavy atom. The molecule has 1 amide bonds. The highest BCUT2D eigenvalue weighted by Crippen LogP contribution is 2.34. The van der Waals surface area contributed by atoms with E-state index in [-0.39, 0.29) is 12.3 Å². The van der Waals surface area contributed by atoms with Gasteiger partial charge in [0.2, 0.25) is 5.91 Å². The summed E-state index contributed by atoms with van der Waals surface area (Å²) in [5, 5.41) is 2.87. The molecule has 2 aromatic carbocycles. The maximum atomic E-state index is 12.1. The highest BCUT2D eigenvalue weighted by molar-refractivity contribution is 6.02. The number of esters is 1. The minimum atomic E-state index is -0.538. The van der Waals surface area contributed by atoms with E-state index in [0.29, 0.717) is 0 Å². The van der Waals surface area contributed by atoms with Gasteiger partial charge < -0.3 is 15.0 Å². The van der Waals surface area contributed by atoms with E-state index in [9.17, 15) is 9.59 Å². The Balaban J connectivity index is 1.95. The number of carbonyl (C=O) groups is 2. The number of anilines is 1. The average Bonchev–Trinajstić information content (AvgIpc) is 2.62. The Kier molecular flexibility index (Phi) is 5.14. The third-order valence-corrected chi connectivity index (χ3v) is 4.49. The number of benzene rings is 2. The van der Waals surface area contributed by atoms with Crippen LogP contribution in [0, 0.1) is 0 Å². The van der Waals surface area contributed by atoms with Gasteiger partial charge in [-0.05, 0) is 41.8 Å². The molecule has 0 radical (unpaired) electrons. The average molecular weight is 338 g/mol. The minimum absolute atomic E-state index is 0.276. The molecule has 0 unspecified atom stereocenters. The van der Waals surface area contributed by atoms with Crippen molar-refractivity contribution in [2.45, 2.75) is 19.4 Å². The van der Waals surface area contributed by atoms with Crippen LogP contribution in [0.4, 0.5) is 5.69 Å². The van der Waals surface area contributed by atoms with Crippen molar-refractivity contribution < 1.29 is 14.3 Å². The summed E-state index contributed by atoms with van der Waals surface area (Å²) in [5.74, 6) is -0.890. The number of rotatable bonds is 4. The van der Waals surface area contributed by atoms with Crippen molar-refractivity contribution in [3.8, 4) is 11.1 Å². The number of carbonyl (C=O) groups excluding carboxylic acids is 2. The first-order valence-electron chi connectivity index (χ1n) is 8.34. The summed E-state index contributed by atoms with van der Waals surface area (Å²) in [6.45, 7) is 1.75. The van der Waals surface area contributed by atoms with E-state index in [4.69, 9.17) is 0 Å². The zero-order chi connectivity index (χ0) is 17.8. The van der Waals surface area contributed by atoms with Crippen molar-refractivity contribution in [1.82, 2.24) is 4.90 Å². The molecule has 5 nitrogen and oxygen atoms in total. The lowest BCUT2D eigenvalue weighted by molar-refractivity contribution is -0.142. The molecule has 0 spiro atoms. The molecule has 0 atom stereocenters. The van der Waals surface area contributed by atoms with Gasteiger partial charge in [0.15, 0.2) is 0 Å². The van der Waals surface area contributed by atoms with Crippen LogP contribution >= 0.6 is 0 Å². The highest BCUT2D eigenvalue weighted by Gasteiger charge is 2.22. The lowest BCUT2D eigenvalue weighted by atomic mass is 9.89. The fourth-order valence-electron chi connectivity index (χ4n) is 3.21. The lowest BCUT2D eigenvalue weighted by Crippen LogP contribution is -2.28. The second-order valence-corrected chi connectivity index (χ2v) is 6.27. The van der Waals surface area contributed by atoms with Gasteiger partial charge in [0, 0.05) is 18.8 Å². The largest absolute Gasteiger partial charge is 0.469 e. The number of amides is 1. The molecular formula is C20H22N2O3. The van der Waals surface area contributed by atoms with Gasteiger partial charge in [-0.15, -0.1) is 0 Å². The molecule has 3 rings (SSSR count). The summed E-state index contributed by atoms with van der Waals surface area (Å²) in [6, 6.07) is 14.2. The summed E-state index contributed by atoms with van der Waals surface area (Å²) >= 11 is 0. The lowest BCUT2D eigenvalue weighted by Gasteiger charge is -2.29. The Hall–Kier alpha value is -2.66. The molecule has 0 saturated heterocycles. The Morgan fingerprint density at radius 3 is 2.60 bits per heavy atom. The van der Waals surface area contributed by atoms with E-state index < -0.39 is 5.97 Å². The number of nitrogens with zero attached hydrogens (tertiary/aromatic N) is 1. The summed E-state index contributed by atoms with van der Waals surface area (Å²) in [6.07, 6.45) is 0.651. The van der Waals surface area contributed by atoms with Gasteiger partial charge in [0.25, 0.3) is 0 Å². The van der Waals surface area contributed by atoms with E-state index in [1.807, 2.05) is 30.3 Å². The number of hydrogen-bond donors (Lipinski definition) is 1. The summed E-state index contributed by atoms with van der Waals surface area (Å²) in [7, 11) is 3.35. The second kappa shape index (κ2) is 7.49. The Bertz CT molecular complexity index is 787. The van der Waals surface area contributed by atoms with Crippen molar-refractivity contribution >= 4 is 17.6 Å². The smallest absolute Gasteiger partial charge is 0.315 e. The minimum Gasteiger partial charge on any atom is -0.469 e. The van der Waals surface area contributed by atoms with Crippen LogP contribution < -0.4 is 5.32 Å². The van der Waals surface area contributed by atoms with Crippen molar-refractivity contribution in [2.24, 2.45) is 0 Å². The summed E-state index contributed by atoms with van der Waals surface area (Å²) in [5.41, 5.74) is 5.54. The highest BCUT2D eigenvalue weighted by atomic mass is 16.5. The molecule has 5 heteroatoms. The maximum absolute atomic E-state index is 12.1. The number of methoxy groups -OCH3 is 1. The van der Waals surface area contributed by atoms with Gasteiger partial charge in [-0.2, -0.15) is 0 Å². The molecule has 2 aromatic rings. The number of hydrogen-bond acceptors (Lipinski definition) is 4. The monoisotopic (exact) mass is 338 g/mol. The normalized spacial score (nSPS) is 13.8. The predicted octanol–water partition coefficient (Wildman–Crippen LogP) is 2.84. The maximum Gasteiger partial charge on any atom is 0.315 e. The molecule has 1 aliphatic heterocycles. The molecule has 0 bridgehead atoms. The van der Waals surface area contributed by atoms with Crippen molar-refractivity contribution in [3.63, 3.8) is 0 Å². The summed E-state index contributed by atoms with van der Waals surface area (Å²) < 4.78 is 4.56. The topological polar surface area (TPSA) is 58.6 Å². The van der Waals surface area contributed by atoms with Crippen LogP contribution in [0.2, 0.25) is 0 Å². The third-order valence-electron chi connectivity index (χ3n) is 4.49. The van der Waals surface area contributed by atoms with Crippen molar-refractivity contribution in [1.29, 1.82) is 0 Å². The molecule has 0 saturated carbocycles. The zero-order valence-electron chi connectivity index (χ0n) is 14.5. The van der Waals surface area contributed by atoms with Crippen LogP contribution in [0.15, 0.2) is 42.5 Å². The number of likely N-dealkylation sites (N-methyl/N-ethyl adjacent to an activating group) is 1. The van der Waals surface area contributed by atoms with Gasteiger partial charge >= 0.3 is 5.97 Å². The molecule has 1 heterocycles. The molecule has 1 N–H and O–H groups in total. The molecule has 0 aromatic heterocycles. The Labute approximate surface area is 147 Å². The quantitative estimate of drug-likeness (QED) is 0.688. The van der Waals surface area contributed by atoms with Gasteiger partial charge in [0.1, 0.15) is 6.42 Å². The van der Waals surface area contributed by atoms with E-state index in [1.165, 1.54) is 23.8 Å². The van der Waals surface area contributed by atoms with Crippen molar-refractivity contribution in [2.75, 3.05) is 26.0 Å². The van der Waals surface area contributed by atoms with E-state index in [2.05, 4.69) is 34.1 Å². The molecular weight excluding hydrogens is 316 g/mol. The predicted molar refractivity (Wildman–Crippen MR) is 97.2 cm³/mol. The first-order chi connectivity index (χ1) is 12.1. The van der Waals surface area contributed by atoms with Gasteiger partial charge in [-0.3, -0.25) is 9.59 Å². The number of nitrogens with one attached hydrogen (secondary N) is 1. The first kappa shape index (κ1) is 17.2. The number of ether oxygens (including phenoxy) is 1. The van der Waals surface area contributed by atoms with Crippen LogP contribution in [0.3, 0.4) is 0 Å². The van der Waals surface area contributed by atoms with Crippen LogP contribution in [0.5, 0.6) is 0 Å². The van der Waals surface area contributed by atoms with Gasteiger partial charge in [0.05, 0.1) is 7.11 Å². The van der Waals surface area contributed by atoms with Crippen LogP contribution in [0.25, 0.3) is 11.1 Å². The van der Waals surface area contributed by atoms with Crippen molar-refractivity contribution in [3.05, 3.63) is 53.6 Å². The second-order valence-electron chi connectivity index (χ2n) is 6.27. The molecule has 1 aliphatic rings.